The van der Waals surface area contributed by atoms with Gasteiger partial charge in [0.25, 0.3) is 0 Å². The van der Waals surface area contributed by atoms with Crippen molar-refractivity contribution in [1.82, 2.24) is 0 Å². The third-order valence-electron chi connectivity index (χ3n) is 6.67. The summed E-state index contributed by atoms with van der Waals surface area (Å²) in [5, 5.41) is 1.37. The van der Waals surface area contributed by atoms with E-state index in [0.717, 1.165) is 50.5 Å². The zero-order chi connectivity index (χ0) is 23.4. The van der Waals surface area contributed by atoms with Crippen molar-refractivity contribution >= 4 is 10.8 Å². The Morgan fingerprint density at radius 3 is 2.09 bits per heavy atom. The number of benzene rings is 3. The van der Waals surface area contributed by atoms with Crippen molar-refractivity contribution < 1.29 is 17.6 Å². The lowest BCUT2D eigenvalue weighted by atomic mass is 9.78. The van der Waals surface area contributed by atoms with Crippen LogP contribution < -0.4 is 0 Å². The molecule has 1 aliphatic carbocycles. The van der Waals surface area contributed by atoms with Crippen molar-refractivity contribution in [3.05, 3.63) is 82.4 Å². The number of hydrogen-bond donors (Lipinski definition) is 0. The zero-order valence-corrected chi connectivity index (χ0v) is 18.9. The molecule has 0 amide bonds. The van der Waals surface area contributed by atoms with E-state index in [0.29, 0.717) is 28.7 Å². The minimum Gasteiger partial charge on any atom is -0.206 e. The van der Waals surface area contributed by atoms with Gasteiger partial charge < -0.3 is 0 Å². The molecule has 1 aliphatic rings. The summed E-state index contributed by atoms with van der Waals surface area (Å²) < 4.78 is 55.9. The predicted octanol–water partition coefficient (Wildman–Crippen LogP) is 8.45. The number of unbranched alkanes of at least 4 members (excludes halogenated alkanes) is 2. The van der Waals surface area contributed by atoms with E-state index in [4.69, 9.17) is 0 Å². The van der Waals surface area contributed by atoms with Crippen LogP contribution in [0.4, 0.5) is 17.6 Å². The molecule has 0 spiro atoms. The van der Waals surface area contributed by atoms with Gasteiger partial charge in [-0.05, 0) is 90.6 Å². The summed E-state index contributed by atoms with van der Waals surface area (Å²) in [5.41, 5.74) is 1.65. The molecule has 3 aromatic rings. The zero-order valence-electron chi connectivity index (χ0n) is 18.9. The lowest BCUT2D eigenvalue weighted by Gasteiger charge is -2.26. The summed E-state index contributed by atoms with van der Waals surface area (Å²) in [4.78, 5) is 0. The molecule has 0 bridgehead atoms. The van der Waals surface area contributed by atoms with Gasteiger partial charge in [0, 0.05) is 5.92 Å². The second-order valence-corrected chi connectivity index (χ2v) is 9.08. The minimum absolute atomic E-state index is 0.0938. The third-order valence-corrected chi connectivity index (χ3v) is 6.67. The first-order chi connectivity index (χ1) is 15.9. The molecule has 172 valence electrons. The molecule has 3 aromatic carbocycles. The first kappa shape index (κ1) is 23.4. The number of fused-ring (bicyclic) bond motifs is 1. The molecular weight excluding hydrogens is 424 g/mol. The Balaban J connectivity index is 1.40. The molecule has 1 saturated carbocycles. The van der Waals surface area contributed by atoms with Gasteiger partial charge in [-0.1, -0.05) is 49.8 Å². The molecule has 0 aliphatic heterocycles. The molecule has 0 N–H and O–H groups in total. The number of rotatable bonds is 5. The van der Waals surface area contributed by atoms with E-state index in [9.17, 15) is 17.6 Å². The highest BCUT2D eigenvalue weighted by Gasteiger charge is 2.22. The van der Waals surface area contributed by atoms with Crippen LogP contribution in [0.2, 0.25) is 0 Å². The Morgan fingerprint density at radius 1 is 0.758 bits per heavy atom. The summed E-state index contributed by atoms with van der Waals surface area (Å²) in [6, 6.07) is 11.0. The topological polar surface area (TPSA) is 0 Å². The van der Waals surface area contributed by atoms with Crippen LogP contribution in [0.5, 0.6) is 0 Å². The van der Waals surface area contributed by atoms with E-state index in [1.807, 2.05) is 18.2 Å². The third kappa shape index (κ3) is 5.58. The van der Waals surface area contributed by atoms with Crippen LogP contribution in [0, 0.1) is 41.0 Å². The maximum Gasteiger partial charge on any atom is 0.159 e. The van der Waals surface area contributed by atoms with E-state index in [1.54, 1.807) is 0 Å². The number of halogens is 4. The Morgan fingerprint density at radius 2 is 1.42 bits per heavy atom. The number of hydrogen-bond acceptors (Lipinski definition) is 0. The fraction of sp³-hybridized carbons (Fsp3) is 0.379. The summed E-state index contributed by atoms with van der Waals surface area (Å²) in [6.07, 6.45) is 7.18. The van der Waals surface area contributed by atoms with Gasteiger partial charge in [0.2, 0.25) is 0 Å². The van der Waals surface area contributed by atoms with Gasteiger partial charge in [-0.3, -0.25) is 0 Å². The highest BCUT2D eigenvalue weighted by atomic mass is 19.2. The van der Waals surface area contributed by atoms with Crippen LogP contribution in [-0.4, -0.2) is 0 Å². The molecule has 4 heteroatoms. The molecule has 33 heavy (non-hydrogen) atoms. The van der Waals surface area contributed by atoms with Crippen LogP contribution >= 0.6 is 0 Å². The van der Waals surface area contributed by atoms with Crippen molar-refractivity contribution in [2.24, 2.45) is 5.92 Å². The van der Waals surface area contributed by atoms with Gasteiger partial charge >= 0.3 is 0 Å². The SMILES string of the molecule is CCCCCc1cc(F)c(C#CC2CCC(c3ccc4cc(F)c(F)cc4c3)CC2)c(F)c1. The summed E-state index contributed by atoms with van der Waals surface area (Å²) in [5.74, 6) is 3.41. The normalized spacial score (nSPS) is 18.2. The van der Waals surface area contributed by atoms with E-state index < -0.39 is 23.3 Å². The molecule has 4 rings (SSSR count). The molecule has 0 atom stereocenters. The van der Waals surface area contributed by atoms with E-state index in [-0.39, 0.29) is 11.5 Å². The van der Waals surface area contributed by atoms with Gasteiger partial charge in [-0.25, -0.2) is 17.6 Å². The fourth-order valence-corrected chi connectivity index (χ4v) is 4.73. The molecule has 0 aromatic heterocycles. The quantitative estimate of drug-likeness (QED) is 0.207. The van der Waals surface area contributed by atoms with Crippen LogP contribution in [-0.2, 0) is 6.42 Å². The van der Waals surface area contributed by atoms with Gasteiger partial charge in [-0.15, -0.1) is 0 Å². The monoisotopic (exact) mass is 452 g/mol. The highest BCUT2D eigenvalue weighted by Crippen LogP contribution is 2.37. The Bertz CT molecular complexity index is 1170. The van der Waals surface area contributed by atoms with Crippen molar-refractivity contribution in [3.63, 3.8) is 0 Å². The van der Waals surface area contributed by atoms with Crippen molar-refractivity contribution in [2.75, 3.05) is 0 Å². The standard InChI is InChI=1S/C29H28F4/c1-2-3-4-5-20-14-26(30)25(27(31)15-20)13-8-19-6-9-21(10-7-19)22-11-12-23-17-28(32)29(33)18-24(23)16-22/h11-12,14-19,21H,2-7,9-10H2,1H3. The van der Waals surface area contributed by atoms with E-state index in [2.05, 4.69) is 18.8 Å². The number of aryl methyl sites for hydroxylation is 1. The van der Waals surface area contributed by atoms with Crippen molar-refractivity contribution in [1.29, 1.82) is 0 Å². The molecule has 0 radical (unpaired) electrons. The van der Waals surface area contributed by atoms with E-state index >= 15 is 0 Å². The molecule has 0 saturated heterocycles. The Hall–Kier alpha value is -2.80. The van der Waals surface area contributed by atoms with E-state index in [1.165, 1.54) is 24.3 Å². The maximum absolute atomic E-state index is 14.4. The average Bonchev–Trinajstić information content (AvgIpc) is 2.80. The van der Waals surface area contributed by atoms with Gasteiger partial charge in [0.05, 0.1) is 5.56 Å². The molecule has 0 heterocycles. The van der Waals surface area contributed by atoms with Gasteiger partial charge in [-0.2, -0.15) is 0 Å². The van der Waals surface area contributed by atoms with Crippen LogP contribution in [0.3, 0.4) is 0 Å². The Labute approximate surface area is 193 Å². The summed E-state index contributed by atoms with van der Waals surface area (Å²) >= 11 is 0. The smallest absolute Gasteiger partial charge is 0.159 e. The van der Waals surface area contributed by atoms with Gasteiger partial charge in [0.15, 0.2) is 11.6 Å². The minimum atomic E-state index is -0.841. The maximum atomic E-state index is 14.4. The summed E-state index contributed by atoms with van der Waals surface area (Å²) in [7, 11) is 0. The Kier molecular flexibility index (Phi) is 7.38. The second-order valence-electron chi connectivity index (χ2n) is 9.08. The first-order valence-corrected chi connectivity index (χ1v) is 11.8. The predicted molar refractivity (Wildman–Crippen MR) is 125 cm³/mol. The lowest BCUT2D eigenvalue weighted by molar-refractivity contribution is 0.385. The molecule has 0 unspecified atom stereocenters. The molecule has 1 fully saturated rings. The lowest BCUT2D eigenvalue weighted by Crippen LogP contribution is -2.12. The second kappa shape index (κ2) is 10.4. The van der Waals surface area contributed by atoms with Crippen molar-refractivity contribution in [2.45, 2.75) is 64.2 Å². The van der Waals surface area contributed by atoms with Crippen LogP contribution in [0.1, 0.15) is 74.5 Å². The van der Waals surface area contributed by atoms with Crippen molar-refractivity contribution in [3.8, 4) is 11.8 Å². The molecule has 0 nitrogen and oxygen atoms in total. The van der Waals surface area contributed by atoms with Gasteiger partial charge in [0.1, 0.15) is 11.6 Å². The first-order valence-electron chi connectivity index (χ1n) is 11.8. The molecular formula is C29H28F4. The largest absolute Gasteiger partial charge is 0.206 e. The average molecular weight is 453 g/mol. The fourth-order valence-electron chi connectivity index (χ4n) is 4.73. The van der Waals surface area contributed by atoms with Crippen LogP contribution in [0.15, 0.2) is 42.5 Å². The summed E-state index contributed by atoms with van der Waals surface area (Å²) in [6.45, 7) is 2.10. The van der Waals surface area contributed by atoms with Crippen LogP contribution in [0.25, 0.3) is 10.8 Å². The highest BCUT2D eigenvalue weighted by molar-refractivity contribution is 5.83.